The summed E-state index contributed by atoms with van der Waals surface area (Å²) in [5, 5.41) is 4.27. The normalized spacial score (nSPS) is 28.4. The van der Waals surface area contributed by atoms with E-state index in [1.165, 1.54) is 5.56 Å². The van der Waals surface area contributed by atoms with Crippen molar-refractivity contribution in [1.29, 1.82) is 0 Å². The van der Waals surface area contributed by atoms with Gasteiger partial charge in [-0.15, -0.1) is 6.54 Å². The van der Waals surface area contributed by atoms with Crippen LogP contribution in [0.5, 0.6) is 0 Å². The van der Waals surface area contributed by atoms with Crippen LogP contribution in [0.3, 0.4) is 0 Å². The molecule has 1 aliphatic carbocycles. The second-order valence-electron chi connectivity index (χ2n) is 6.81. The van der Waals surface area contributed by atoms with Gasteiger partial charge in [0, 0.05) is 6.61 Å². The second kappa shape index (κ2) is 9.11. The first kappa shape index (κ1) is 19.6. The zero-order valence-corrected chi connectivity index (χ0v) is 18.0. The molecule has 3 rings (SSSR count). The molecule has 0 spiro atoms. The average Bonchev–Trinajstić information content (AvgIpc) is 3.02. The van der Waals surface area contributed by atoms with Crippen molar-refractivity contribution in [1.82, 2.24) is 0 Å². The van der Waals surface area contributed by atoms with Gasteiger partial charge in [0.05, 0.1) is 18.6 Å². The summed E-state index contributed by atoms with van der Waals surface area (Å²) in [6.45, 7) is 2.54. The van der Waals surface area contributed by atoms with E-state index in [1.807, 2.05) is 6.07 Å². The summed E-state index contributed by atoms with van der Waals surface area (Å²) >= 11 is 0. The Morgan fingerprint density at radius 1 is 1.15 bits per heavy atom. The molecule has 0 radical (unpaired) electrons. The monoisotopic (exact) mass is 587 g/mol. The third-order valence-electron chi connectivity index (χ3n) is 5.19. The Hall–Kier alpha value is -2.72. The van der Waals surface area contributed by atoms with Gasteiger partial charge in [-0.05, 0) is 44.1 Å². The van der Waals surface area contributed by atoms with E-state index in [4.69, 9.17) is 9.47 Å². The van der Waals surface area contributed by atoms with E-state index in [0.29, 0.717) is 5.92 Å². The average molecular weight is 591 g/mol. The maximum absolute atomic E-state index is 12.3. The van der Waals surface area contributed by atoms with Crippen LogP contribution in [0, 0.1) is 5.92 Å². The number of hydrogen-bond acceptors (Lipinski definition) is 4. The molecule has 1 aromatic carbocycles. The van der Waals surface area contributed by atoms with Crippen LogP contribution in [-0.4, -0.2) is 43.7 Å². The number of carbonyl (C=O) groups is 2. The van der Waals surface area contributed by atoms with Gasteiger partial charge in [-0.1, -0.05) is 36.4 Å². The van der Waals surface area contributed by atoms with Gasteiger partial charge in [0.2, 0.25) is 0 Å². The van der Waals surface area contributed by atoms with Crippen molar-refractivity contribution in [3.63, 3.8) is 0 Å². The number of nitrogens with zero attached hydrogens (tertiary/aromatic N) is 1. The molecule has 1 aliphatic heterocycles. The first-order valence-electron chi connectivity index (χ1n) is 9.22. The van der Waals surface area contributed by atoms with Crippen LogP contribution < -0.4 is 0 Å². The molecule has 6 heteroatoms. The maximum Gasteiger partial charge on any atom is 0.314 e. The molecule has 0 amide bonds. The SMILES string of the molecule is CCOC(=O)C1C[N-]C(COC2CCC(c3ccccc3)CC2)C1=O.[Cm]. The minimum atomic E-state index is -0.734. The first-order valence-corrected chi connectivity index (χ1v) is 9.22. The minimum absolute atomic E-state index is 0. The summed E-state index contributed by atoms with van der Waals surface area (Å²) in [5.74, 6) is -0.743. The van der Waals surface area contributed by atoms with Crippen molar-refractivity contribution in [3.05, 3.63) is 41.2 Å². The van der Waals surface area contributed by atoms with Gasteiger partial charge in [-0.3, -0.25) is 4.79 Å². The van der Waals surface area contributed by atoms with E-state index in [0.717, 1.165) is 25.7 Å². The van der Waals surface area contributed by atoms with E-state index in [2.05, 4.69) is 29.6 Å². The summed E-state index contributed by atoms with van der Waals surface area (Å²) in [6, 6.07) is 10.1. The van der Waals surface area contributed by atoms with E-state index >= 15 is 0 Å². The van der Waals surface area contributed by atoms with Crippen LogP contribution in [0.15, 0.2) is 30.3 Å². The van der Waals surface area contributed by atoms with Gasteiger partial charge in [0.15, 0.2) is 0 Å². The Morgan fingerprint density at radius 3 is 2.50 bits per heavy atom. The molecular weight excluding hydrogens is 565 g/mol. The predicted octanol–water partition coefficient (Wildman–Crippen LogP) is 3.23. The Bertz CT molecular complexity index is 587. The van der Waals surface area contributed by atoms with Gasteiger partial charge in [0.1, 0.15) is 5.78 Å². The second-order valence-corrected chi connectivity index (χ2v) is 6.81. The van der Waals surface area contributed by atoms with Crippen molar-refractivity contribution in [2.45, 2.75) is 50.7 Å². The fourth-order valence-electron chi connectivity index (χ4n) is 3.73. The third-order valence-corrected chi connectivity index (χ3v) is 5.19. The summed E-state index contributed by atoms with van der Waals surface area (Å²) < 4.78 is 10.9. The molecule has 2 unspecified atom stereocenters. The topological polar surface area (TPSA) is 66.7 Å². The van der Waals surface area contributed by atoms with Crippen LogP contribution in [-0.2, 0) is 19.1 Å². The van der Waals surface area contributed by atoms with Crippen molar-refractivity contribution in [2.75, 3.05) is 19.8 Å². The Morgan fingerprint density at radius 2 is 1.85 bits per heavy atom. The smallest absolute Gasteiger partial charge is 0.314 e. The Kier molecular flexibility index (Phi) is 6.87. The predicted molar refractivity (Wildman–Crippen MR) is 94.5 cm³/mol. The van der Waals surface area contributed by atoms with Gasteiger partial charge in [-0.2, -0.15) is 0 Å². The number of esters is 1. The van der Waals surface area contributed by atoms with E-state index in [9.17, 15) is 9.59 Å². The molecule has 5 nitrogen and oxygen atoms in total. The molecule has 1 saturated carbocycles. The van der Waals surface area contributed by atoms with Crippen LogP contribution >= 0.6 is 0 Å². The van der Waals surface area contributed by atoms with Gasteiger partial charge in [0.25, 0.3) is 0 Å². The van der Waals surface area contributed by atoms with E-state index in [-0.39, 0.29) is 31.6 Å². The number of ether oxygens (including phenoxy) is 2. The molecule has 2 atom stereocenters. The summed E-state index contributed by atoms with van der Waals surface area (Å²) in [4.78, 5) is 24.0. The standard InChI is InChI=1S/C20H26NO4.Cm/c1-2-24-20(23)17-12-21-18(19(17)22)13-25-16-10-8-15(9-11-16)14-6-4-3-5-7-14;/h3-7,15-18H,2,8-13H2,1H3;/q-1;. The van der Waals surface area contributed by atoms with Crippen molar-refractivity contribution in [2.24, 2.45) is 5.92 Å². The number of carbonyl (C=O) groups excluding carboxylic acids is 2. The van der Waals surface area contributed by atoms with Gasteiger partial charge in [-0.25, -0.2) is 0 Å². The third kappa shape index (κ3) is 4.46. The van der Waals surface area contributed by atoms with Crippen LogP contribution in [0.2, 0.25) is 0 Å². The Labute approximate surface area is 149 Å². The number of benzene rings is 1. The van der Waals surface area contributed by atoms with Gasteiger partial charge < -0.3 is 19.6 Å². The molecule has 0 N–H and O–H groups in total. The molecular formula is C20H26CmNO4-. The van der Waals surface area contributed by atoms with Crippen LogP contribution in [0.4, 0.5) is 0 Å². The first-order chi connectivity index (χ1) is 12.2. The van der Waals surface area contributed by atoms with Gasteiger partial charge >= 0.3 is 5.97 Å². The summed E-state index contributed by atoms with van der Waals surface area (Å²) in [5.41, 5.74) is 1.40. The Balaban J connectivity index is 0.00000243. The summed E-state index contributed by atoms with van der Waals surface area (Å²) in [6.07, 6.45) is 4.40. The largest absolute Gasteiger partial charge is 0.650 e. The fraction of sp³-hybridized carbons (Fsp3) is 0.600. The molecule has 0 bridgehead atoms. The quantitative estimate of drug-likeness (QED) is 0.377. The number of Topliss-reactive ketones (excluding diaryl/α,β-unsaturated/α-hetero) is 1. The molecule has 1 saturated heterocycles. The minimum Gasteiger partial charge on any atom is -0.650 e. The number of hydrogen-bond donors (Lipinski definition) is 0. The molecule has 1 aromatic rings. The van der Waals surface area contributed by atoms with Crippen molar-refractivity contribution < 1.29 is 19.1 Å². The van der Waals surface area contributed by atoms with Crippen molar-refractivity contribution >= 4 is 11.8 Å². The molecule has 26 heavy (non-hydrogen) atoms. The molecule has 2 aliphatic rings. The number of rotatable bonds is 6. The molecule has 1 heterocycles. The molecule has 2 fully saturated rings. The fourth-order valence-corrected chi connectivity index (χ4v) is 3.73. The molecule has 0 aromatic heterocycles. The van der Waals surface area contributed by atoms with Crippen molar-refractivity contribution in [3.8, 4) is 0 Å². The number of ketones is 1. The van der Waals surface area contributed by atoms with Crippen LogP contribution in [0.1, 0.15) is 44.1 Å². The molecule has 144 valence electrons. The van der Waals surface area contributed by atoms with E-state index < -0.39 is 17.9 Å². The summed E-state index contributed by atoms with van der Waals surface area (Å²) in [7, 11) is 0. The zero-order chi connectivity index (χ0) is 17.6. The van der Waals surface area contributed by atoms with E-state index in [1.54, 1.807) is 6.92 Å². The zero-order valence-electron chi connectivity index (χ0n) is 15.1. The van der Waals surface area contributed by atoms with Crippen LogP contribution in [0.25, 0.3) is 5.32 Å². The maximum atomic E-state index is 12.3.